The quantitative estimate of drug-likeness (QED) is 0.525. The third kappa shape index (κ3) is 3.40. The fourth-order valence-electron chi connectivity index (χ4n) is 1.93. The van der Waals surface area contributed by atoms with E-state index in [9.17, 15) is 0 Å². The molecule has 3 aromatic heterocycles. The molecular formula is C15H18N8S. The van der Waals surface area contributed by atoms with Crippen molar-refractivity contribution in [3.63, 3.8) is 0 Å². The number of aliphatic imine (C=N–C) groups is 2. The highest BCUT2D eigenvalue weighted by molar-refractivity contribution is 7.13. The van der Waals surface area contributed by atoms with Crippen LogP contribution in [-0.4, -0.2) is 70.2 Å². The van der Waals surface area contributed by atoms with Crippen LogP contribution >= 0.6 is 11.3 Å². The fourth-order valence-corrected chi connectivity index (χ4v) is 2.67. The lowest BCUT2D eigenvalue weighted by molar-refractivity contribution is 0.642. The van der Waals surface area contributed by atoms with Gasteiger partial charge in [0.15, 0.2) is 5.82 Å². The number of thiophene rings is 1. The van der Waals surface area contributed by atoms with E-state index in [0.717, 1.165) is 10.4 Å². The molecule has 0 unspecified atom stereocenters. The molecule has 8 nitrogen and oxygen atoms in total. The van der Waals surface area contributed by atoms with E-state index in [1.54, 1.807) is 34.7 Å². The molecule has 0 bridgehead atoms. The molecule has 0 saturated carbocycles. The highest BCUT2D eigenvalue weighted by Crippen LogP contribution is 2.33. The van der Waals surface area contributed by atoms with E-state index < -0.39 is 0 Å². The van der Waals surface area contributed by atoms with Crippen molar-refractivity contribution in [2.24, 2.45) is 9.98 Å². The summed E-state index contributed by atoms with van der Waals surface area (Å²) in [5, 5.41) is 6.44. The Kier molecular flexibility index (Phi) is 4.52. The van der Waals surface area contributed by atoms with Crippen LogP contribution in [0.5, 0.6) is 0 Å². The fraction of sp³-hybridized carbons (Fsp3) is 0.267. The van der Waals surface area contributed by atoms with Gasteiger partial charge in [-0.05, 0) is 11.4 Å². The highest BCUT2D eigenvalue weighted by Gasteiger charge is 2.14. The van der Waals surface area contributed by atoms with Crippen LogP contribution in [0.15, 0.2) is 33.7 Å². The molecule has 3 heterocycles. The zero-order valence-electron chi connectivity index (χ0n) is 14.0. The Bertz CT molecular complexity index is 876. The van der Waals surface area contributed by atoms with Gasteiger partial charge in [0.2, 0.25) is 0 Å². The minimum absolute atomic E-state index is 0.348. The van der Waals surface area contributed by atoms with Gasteiger partial charge in [-0.1, -0.05) is 6.07 Å². The molecule has 0 saturated heterocycles. The highest BCUT2D eigenvalue weighted by atomic mass is 32.1. The van der Waals surface area contributed by atoms with Gasteiger partial charge in [-0.3, -0.25) is 0 Å². The number of hydrogen-bond donors (Lipinski definition) is 0. The first-order chi connectivity index (χ1) is 11.5. The third-order valence-electron chi connectivity index (χ3n) is 2.93. The second kappa shape index (κ2) is 6.75. The monoisotopic (exact) mass is 342 g/mol. The predicted octanol–water partition coefficient (Wildman–Crippen LogP) is 2.30. The van der Waals surface area contributed by atoms with Crippen LogP contribution in [0, 0.1) is 0 Å². The Hall–Kier alpha value is -2.81. The van der Waals surface area contributed by atoms with E-state index in [2.05, 4.69) is 25.1 Å². The topological polar surface area (TPSA) is 74.3 Å². The van der Waals surface area contributed by atoms with Crippen LogP contribution in [-0.2, 0) is 0 Å². The standard InChI is InChI=1S/C15H18N8S/c1-21(2)9-17-13-11(12-6-5-7-24-12)8-16-15-19-14(20-23(13)15)18-10-22(3)4/h5-10H,1-4H3. The molecule has 0 amide bonds. The van der Waals surface area contributed by atoms with Gasteiger partial charge in [0.25, 0.3) is 11.7 Å². The average molecular weight is 342 g/mol. The molecule has 0 radical (unpaired) electrons. The molecule has 0 N–H and O–H groups in total. The molecule has 124 valence electrons. The van der Waals surface area contributed by atoms with E-state index >= 15 is 0 Å². The van der Waals surface area contributed by atoms with Crippen LogP contribution in [0.4, 0.5) is 11.8 Å². The van der Waals surface area contributed by atoms with E-state index in [-0.39, 0.29) is 0 Å². The van der Waals surface area contributed by atoms with Crippen molar-refractivity contribution in [2.45, 2.75) is 0 Å². The maximum atomic E-state index is 4.56. The van der Waals surface area contributed by atoms with Gasteiger partial charge < -0.3 is 9.80 Å². The zero-order chi connectivity index (χ0) is 17.1. The van der Waals surface area contributed by atoms with Crippen LogP contribution < -0.4 is 0 Å². The van der Waals surface area contributed by atoms with Crippen molar-refractivity contribution in [1.29, 1.82) is 0 Å². The molecule has 0 spiro atoms. The van der Waals surface area contributed by atoms with Crippen LogP contribution in [0.1, 0.15) is 0 Å². The van der Waals surface area contributed by atoms with Crippen molar-refractivity contribution in [3.05, 3.63) is 23.7 Å². The van der Waals surface area contributed by atoms with Crippen LogP contribution in [0.3, 0.4) is 0 Å². The largest absolute Gasteiger partial charge is 0.369 e. The molecule has 0 fully saturated rings. The average Bonchev–Trinajstić information content (AvgIpc) is 3.19. The Labute approximate surface area is 143 Å². The zero-order valence-corrected chi connectivity index (χ0v) is 14.8. The minimum atomic E-state index is 0.348. The number of fused-ring (bicyclic) bond motifs is 1. The van der Waals surface area contributed by atoms with Crippen molar-refractivity contribution in [3.8, 4) is 10.4 Å². The Balaban J connectivity index is 2.16. The molecule has 0 aromatic carbocycles. The molecule has 0 aliphatic carbocycles. The molecule has 0 aliphatic rings. The summed E-state index contributed by atoms with van der Waals surface area (Å²) >= 11 is 1.63. The summed E-state index contributed by atoms with van der Waals surface area (Å²) in [7, 11) is 7.61. The van der Waals surface area contributed by atoms with E-state index in [0.29, 0.717) is 17.5 Å². The predicted molar refractivity (Wildman–Crippen MR) is 97.8 cm³/mol. The van der Waals surface area contributed by atoms with Crippen molar-refractivity contribution >= 4 is 41.6 Å². The summed E-state index contributed by atoms with van der Waals surface area (Å²) < 4.78 is 1.62. The first-order valence-electron chi connectivity index (χ1n) is 7.25. The van der Waals surface area contributed by atoms with Gasteiger partial charge in [-0.15, -0.1) is 16.4 Å². The van der Waals surface area contributed by atoms with Crippen LogP contribution in [0.25, 0.3) is 16.2 Å². The molecule has 0 aliphatic heterocycles. The summed E-state index contributed by atoms with van der Waals surface area (Å²) in [6.45, 7) is 0. The summed E-state index contributed by atoms with van der Waals surface area (Å²) in [5.74, 6) is 1.49. The minimum Gasteiger partial charge on any atom is -0.369 e. The normalized spacial score (nSPS) is 11.8. The molecule has 3 aromatic rings. The van der Waals surface area contributed by atoms with Crippen molar-refractivity contribution in [1.82, 2.24) is 29.4 Å². The van der Waals surface area contributed by atoms with Gasteiger partial charge >= 0.3 is 0 Å². The lowest BCUT2D eigenvalue weighted by atomic mass is 10.2. The Morgan fingerprint density at radius 1 is 1.12 bits per heavy atom. The van der Waals surface area contributed by atoms with Gasteiger partial charge in [-0.25, -0.2) is 15.0 Å². The number of rotatable bonds is 5. The molecule has 0 atom stereocenters. The first-order valence-corrected chi connectivity index (χ1v) is 8.13. The molecular weight excluding hydrogens is 324 g/mol. The maximum Gasteiger partial charge on any atom is 0.272 e. The van der Waals surface area contributed by atoms with Crippen molar-refractivity contribution < 1.29 is 0 Å². The SMILES string of the molecule is CN(C)C=Nc1nc2ncc(-c3cccs3)c(N=CN(C)C)n2n1. The van der Waals surface area contributed by atoms with E-state index in [1.165, 1.54) is 0 Å². The number of nitrogens with zero attached hydrogens (tertiary/aromatic N) is 8. The van der Waals surface area contributed by atoms with Crippen LogP contribution in [0.2, 0.25) is 0 Å². The molecule has 24 heavy (non-hydrogen) atoms. The van der Waals surface area contributed by atoms with E-state index in [4.69, 9.17) is 0 Å². The smallest absolute Gasteiger partial charge is 0.272 e. The third-order valence-corrected chi connectivity index (χ3v) is 3.83. The first kappa shape index (κ1) is 16.1. The summed E-state index contributed by atoms with van der Waals surface area (Å²) in [5.41, 5.74) is 0.906. The Morgan fingerprint density at radius 3 is 2.54 bits per heavy atom. The van der Waals surface area contributed by atoms with Gasteiger partial charge in [0.1, 0.15) is 0 Å². The molecule has 9 heteroatoms. The second-order valence-corrected chi connectivity index (χ2v) is 6.46. The lowest BCUT2D eigenvalue weighted by Gasteiger charge is -2.07. The summed E-state index contributed by atoms with van der Waals surface area (Å²) in [6.07, 6.45) is 5.16. The summed E-state index contributed by atoms with van der Waals surface area (Å²) in [6, 6.07) is 4.03. The lowest BCUT2D eigenvalue weighted by Crippen LogP contribution is -2.08. The second-order valence-electron chi connectivity index (χ2n) is 5.51. The Morgan fingerprint density at radius 2 is 1.88 bits per heavy atom. The maximum absolute atomic E-state index is 4.56. The summed E-state index contributed by atoms with van der Waals surface area (Å²) in [4.78, 5) is 22.3. The van der Waals surface area contributed by atoms with Gasteiger partial charge in [-0.2, -0.15) is 9.50 Å². The van der Waals surface area contributed by atoms with Gasteiger partial charge in [0.05, 0.1) is 18.2 Å². The van der Waals surface area contributed by atoms with E-state index in [1.807, 2.05) is 55.5 Å². The number of hydrogen-bond acceptors (Lipinski definition) is 6. The van der Waals surface area contributed by atoms with Gasteiger partial charge in [0, 0.05) is 39.3 Å². The van der Waals surface area contributed by atoms with Crippen molar-refractivity contribution in [2.75, 3.05) is 28.2 Å². The number of aromatic nitrogens is 4. The molecule has 3 rings (SSSR count).